The van der Waals surface area contributed by atoms with Gasteiger partial charge in [0, 0.05) is 23.6 Å². The number of nitrogens with two attached hydrogens (primary N) is 1. The van der Waals surface area contributed by atoms with Crippen molar-refractivity contribution in [1.82, 2.24) is 5.32 Å². The molecule has 1 aromatic rings. The van der Waals surface area contributed by atoms with E-state index < -0.39 is 0 Å². The molecule has 0 aromatic heterocycles. The zero-order valence-corrected chi connectivity index (χ0v) is 15.5. The summed E-state index contributed by atoms with van der Waals surface area (Å²) in [5.41, 5.74) is 5.43. The lowest BCUT2D eigenvalue weighted by Gasteiger charge is -2.33. The Hall–Kier alpha value is -1.40. The molecule has 130 valence electrons. The molecule has 1 rings (SSSR count). The summed E-state index contributed by atoms with van der Waals surface area (Å²) < 4.78 is 10.5. The summed E-state index contributed by atoms with van der Waals surface area (Å²) in [7, 11) is 3.22. The van der Waals surface area contributed by atoms with Gasteiger partial charge in [0.1, 0.15) is 0 Å². The van der Waals surface area contributed by atoms with Gasteiger partial charge in [-0.2, -0.15) is 0 Å². The van der Waals surface area contributed by atoms with Gasteiger partial charge in [0.2, 0.25) is 5.91 Å². The number of nitrogens with one attached hydrogen (secondary N) is 1. The average molecular weight is 340 g/mol. The molecule has 1 unspecified atom stereocenters. The maximum absolute atomic E-state index is 12.1. The molecule has 0 saturated carbocycles. The molecule has 0 heterocycles. The van der Waals surface area contributed by atoms with Crippen LogP contribution < -0.4 is 20.5 Å². The predicted molar refractivity (Wildman–Crippen MR) is 95.3 cm³/mol. The van der Waals surface area contributed by atoms with Gasteiger partial charge in [0.05, 0.1) is 19.8 Å². The van der Waals surface area contributed by atoms with Crippen molar-refractivity contribution in [2.24, 2.45) is 11.7 Å². The van der Waals surface area contributed by atoms with Gasteiger partial charge >= 0.3 is 0 Å². The second-order valence-electron chi connectivity index (χ2n) is 5.94. The molecule has 0 saturated heterocycles. The Morgan fingerprint density at radius 3 is 2.48 bits per heavy atom. The Labute approximate surface area is 143 Å². The average Bonchev–Trinajstić information content (AvgIpc) is 2.54. The number of methoxy groups -OCH3 is 2. The standard InChI is InChI=1S/C17H28N2O3S/c1-12(2)17(3,11-18)19-16(20)8-9-23-13-6-7-14(21-4)15(10-13)22-5/h6-7,10,12H,8-9,11,18H2,1-5H3,(H,19,20). The van der Waals surface area contributed by atoms with Gasteiger partial charge in [0.25, 0.3) is 0 Å². The van der Waals surface area contributed by atoms with Crippen molar-refractivity contribution in [3.8, 4) is 11.5 Å². The molecule has 0 fully saturated rings. The first-order valence-corrected chi connectivity index (χ1v) is 8.70. The van der Waals surface area contributed by atoms with Gasteiger partial charge in [-0.1, -0.05) is 13.8 Å². The minimum atomic E-state index is -0.356. The van der Waals surface area contributed by atoms with E-state index in [1.807, 2.05) is 25.1 Å². The molecule has 5 nitrogen and oxygen atoms in total. The van der Waals surface area contributed by atoms with Crippen molar-refractivity contribution in [1.29, 1.82) is 0 Å². The fourth-order valence-corrected chi connectivity index (χ4v) is 2.86. The summed E-state index contributed by atoms with van der Waals surface area (Å²) in [5, 5.41) is 3.05. The maximum atomic E-state index is 12.1. The van der Waals surface area contributed by atoms with Gasteiger partial charge in [-0.15, -0.1) is 11.8 Å². The zero-order chi connectivity index (χ0) is 17.5. The molecule has 6 heteroatoms. The largest absolute Gasteiger partial charge is 0.493 e. The third-order valence-corrected chi connectivity index (χ3v) is 5.07. The molecule has 23 heavy (non-hydrogen) atoms. The van der Waals surface area contributed by atoms with Crippen molar-refractivity contribution >= 4 is 17.7 Å². The highest BCUT2D eigenvalue weighted by Crippen LogP contribution is 2.32. The molecule has 0 bridgehead atoms. The van der Waals surface area contributed by atoms with E-state index in [0.29, 0.717) is 30.2 Å². The normalized spacial score (nSPS) is 13.5. The second kappa shape index (κ2) is 9.03. The molecule has 1 atom stereocenters. The Kier molecular flexibility index (Phi) is 7.72. The number of carbonyl (C=O) groups excluding carboxylic acids is 1. The SMILES string of the molecule is COc1ccc(SCCC(=O)NC(C)(CN)C(C)C)cc1OC. The van der Waals surface area contributed by atoms with Crippen LogP contribution in [-0.4, -0.2) is 38.0 Å². The third kappa shape index (κ3) is 5.62. The number of thioether (sulfide) groups is 1. The van der Waals surface area contributed by atoms with E-state index in [1.54, 1.807) is 26.0 Å². The van der Waals surface area contributed by atoms with E-state index in [0.717, 1.165) is 4.90 Å². The van der Waals surface area contributed by atoms with Gasteiger partial charge in [-0.3, -0.25) is 4.79 Å². The highest BCUT2D eigenvalue weighted by atomic mass is 32.2. The van der Waals surface area contributed by atoms with Crippen molar-refractivity contribution in [2.75, 3.05) is 26.5 Å². The predicted octanol–water partition coefficient (Wildman–Crippen LogP) is 2.68. The van der Waals surface area contributed by atoms with E-state index in [9.17, 15) is 4.79 Å². The molecule has 0 aliphatic heterocycles. The molecule has 0 aliphatic carbocycles. The quantitative estimate of drug-likeness (QED) is 0.676. The molecule has 1 amide bonds. The highest BCUT2D eigenvalue weighted by molar-refractivity contribution is 7.99. The van der Waals surface area contributed by atoms with Crippen LogP contribution >= 0.6 is 11.8 Å². The zero-order valence-electron chi connectivity index (χ0n) is 14.6. The fraction of sp³-hybridized carbons (Fsp3) is 0.588. The van der Waals surface area contributed by atoms with E-state index in [2.05, 4.69) is 19.2 Å². The Bertz CT molecular complexity index is 523. The van der Waals surface area contributed by atoms with Crippen LogP contribution in [0.4, 0.5) is 0 Å². The van der Waals surface area contributed by atoms with Crippen molar-refractivity contribution in [2.45, 2.75) is 37.6 Å². The van der Waals surface area contributed by atoms with Crippen LogP contribution in [-0.2, 0) is 4.79 Å². The monoisotopic (exact) mass is 340 g/mol. The Morgan fingerprint density at radius 2 is 1.96 bits per heavy atom. The molecular formula is C17H28N2O3S. The van der Waals surface area contributed by atoms with Crippen LogP contribution in [0.2, 0.25) is 0 Å². The Morgan fingerprint density at radius 1 is 1.30 bits per heavy atom. The first-order valence-electron chi connectivity index (χ1n) is 7.72. The smallest absolute Gasteiger partial charge is 0.221 e. The summed E-state index contributed by atoms with van der Waals surface area (Å²) >= 11 is 1.61. The molecule has 1 aromatic carbocycles. The van der Waals surface area contributed by atoms with Crippen molar-refractivity contribution < 1.29 is 14.3 Å². The molecule has 0 aliphatic rings. The Balaban J connectivity index is 2.52. The van der Waals surface area contributed by atoms with E-state index in [4.69, 9.17) is 15.2 Å². The number of rotatable bonds is 9. The summed E-state index contributed by atoms with van der Waals surface area (Å²) in [6.07, 6.45) is 0.446. The highest BCUT2D eigenvalue weighted by Gasteiger charge is 2.28. The minimum Gasteiger partial charge on any atom is -0.493 e. The number of benzene rings is 1. The first kappa shape index (κ1) is 19.6. The summed E-state index contributed by atoms with van der Waals surface area (Å²) in [6, 6.07) is 5.74. The number of hydrogen-bond donors (Lipinski definition) is 2. The van der Waals surface area contributed by atoms with Gasteiger partial charge in [-0.25, -0.2) is 0 Å². The summed E-state index contributed by atoms with van der Waals surface area (Å²) in [6.45, 7) is 6.54. The van der Waals surface area contributed by atoms with E-state index in [1.165, 1.54) is 0 Å². The van der Waals surface area contributed by atoms with Crippen molar-refractivity contribution in [3.05, 3.63) is 18.2 Å². The summed E-state index contributed by atoms with van der Waals surface area (Å²) in [5.74, 6) is 2.40. The second-order valence-corrected chi connectivity index (χ2v) is 7.11. The number of hydrogen-bond acceptors (Lipinski definition) is 5. The minimum absolute atomic E-state index is 0.0274. The lowest BCUT2D eigenvalue weighted by atomic mass is 9.88. The fourth-order valence-electron chi connectivity index (χ4n) is 1.98. The maximum Gasteiger partial charge on any atom is 0.221 e. The number of amides is 1. The third-order valence-electron chi connectivity index (χ3n) is 4.08. The van der Waals surface area contributed by atoms with Gasteiger partial charge in [0.15, 0.2) is 11.5 Å². The van der Waals surface area contributed by atoms with Gasteiger partial charge < -0.3 is 20.5 Å². The van der Waals surface area contributed by atoms with Gasteiger partial charge in [-0.05, 0) is 31.0 Å². The summed E-state index contributed by atoms with van der Waals surface area (Å²) in [4.78, 5) is 13.2. The van der Waals surface area contributed by atoms with Crippen LogP contribution in [0.15, 0.2) is 23.1 Å². The number of carbonyl (C=O) groups is 1. The topological polar surface area (TPSA) is 73.6 Å². The van der Waals surface area contributed by atoms with E-state index >= 15 is 0 Å². The molecule has 3 N–H and O–H groups in total. The van der Waals surface area contributed by atoms with Crippen LogP contribution in [0.5, 0.6) is 11.5 Å². The number of ether oxygens (including phenoxy) is 2. The lowest BCUT2D eigenvalue weighted by Crippen LogP contribution is -2.55. The molecule has 0 radical (unpaired) electrons. The molecular weight excluding hydrogens is 312 g/mol. The first-order chi connectivity index (χ1) is 10.9. The van der Waals surface area contributed by atoms with Crippen LogP contribution in [0.25, 0.3) is 0 Å². The molecule has 0 spiro atoms. The van der Waals surface area contributed by atoms with Crippen LogP contribution in [0.1, 0.15) is 27.2 Å². The van der Waals surface area contributed by atoms with E-state index in [-0.39, 0.29) is 17.4 Å². The van der Waals surface area contributed by atoms with Crippen LogP contribution in [0.3, 0.4) is 0 Å². The van der Waals surface area contributed by atoms with Crippen LogP contribution in [0, 0.1) is 5.92 Å². The lowest BCUT2D eigenvalue weighted by molar-refractivity contribution is -0.122. The van der Waals surface area contributed by atoms with Crippen molar-refractivity contribution in [3.63, 3.8) is 0 Å².